The number of rotatable bonds is 9. The Labute approximate surface area is 165 Å². The summed E-state index contributed by atoms with van der Waals surface area (Å²) in [5, 5.41) is 8.48. The van der Waals surface area contributed by atoms with Crippen LogP contribution >= 0.6 is 0 Å². The Hall–Kier alpha value is -1.56. The van der Waals surface area contributed by atoms with Gasteiger partial charge in [-0.25, -0.2) is 0 Å². The van der Waals surface area contributed by atoms with Crippen molar-refractivity contribution in [1.82, 2.24) is 0 Å². The third kappa shape index (κ3) is 8.33. The molecule has 2 saturated carbocycles. The first-order valence-corrected chi connectivity index (χ1v) is 11.2. The number of nitrogens with zero attached hydrogens (tertiary/aromatic N) is 1. The van der Waals surface area contributed by atoms with Gasteiger partial charge >= 0.3 is 5.97 Å². The lowest BCUT2D eigenvalue weighted by molar-refractivity contribution is -0.157. The van der Waals surface area contributed by atoms with E-state index in [2.05, 4.69) is 13.0 Å². The predicted octanol–water partition coefficient (Wildman–Crippen LogP) is 6.50. The molecule has 0 unspecified atom stereocenters. The molecule has 0 saturated heterocycles. The molecule has 3 heteroatoms. The number of carbonyl (C=O) groups excluding carboxylic acids is 1. The normalized spacial score (nSPS) is 29.0. The molecule has 27 heavy (non-hydrogen) atoms. The highest BCUT2D eigenvalue weighted by atomic mass is 16.5. The number of allylic oxidation sites excluding steroid dienone is 4. The SMILES string of the molecule is CCCCCC[C@H]1CC[C@H](C(=O)OC2CCC(/C=C/C=CC#N)CC2)CC1. The summed E-state index contributed by atoms with van der Waals surface area (Å²) in [7, 11) is 0. The van der Waals surface area contributed by atoms with E-state index in [1.54, 1.807) is 6.08 Å². The highest BCUT2D eigenvalue weighted by molar-refractivity contribution is 5.72. The smallest absolute Gasteiger partial charge is 0.309 e. The number of carbonyl (C=O) groups is 1. The summed E-state index contributed by atoms with van der Waals surface area (Å²) in [6, 6.07) is 1.99. The van der Waals surface area contributed by atoms with Crippen molar-refractivity contribution in [2.24, 2.45) is 17.8 Å². The molecule has 0 bridgehead atoms. The molecular formula is C24H37NO2. The molecule has 0 aromatic rings. The van der Waals surface area contributed by atoms with Gasteiger partial charge in [-0.2, -0.15) is 5.26 Å². The van der Waals surface area contributed by atoms with Gasteiger partial charge in [0.1, 0.15) is 6.10 Å². The average Bonchev–Trinajstić information content (AvgIpc) is 2.70. The number of ether oxygens (including phenoxy) is 1. The lowest BCUT2D eigenvalue weighted by Gasteiger charge is -2.31. The van der Waals surface area contributed by atoms with Gasteiger partial charge in [0.05, 0.1) is 12.0 Å². The van der Waals surface area contributed by atoms with Crippen molar-refractivity contribution in [2.75, 3.05) is 0 Å². The fourth-order valence-corrected chi connectivity index (χ4v) is 4.53. The van der Waals surface area contributed by atoms with Crippen LogP contribution in [0.3, 0.4) is 0 Å². The van der Waals surface area contributed by atoms with Crippen LogP contribution in [0.4, 0.5) is 0 Å². The summed E-state index contributed by atoms with van der Waals surface area (Å²) in [5.74, 6) is 1.59. The lowest BCUT2D eigenvalue weighted by Crippen LogP contribution is -2.29. The van der Waals surface area contributed by atoms with Crippen LogP contribution in [-0.4, -0.2) is 12.1 Å². The maximum Gasteiger partial charge on any atom is 0.309 e. The summed E-state index contributed by atoms with van der Waals surface area (Å²) in [5.41, 5.74) is 0. The molecule has 0 aromatic carbocycles. The summed E-state index contributed by atoms with van der Waals surface area (Å²) in [6.45, 7) is 2.26. The van der Waals surface area contributed by atoms with Crippen LogP contribution in [0.5, 0.6) is 0 Å². The average molecular weight is 372 g/mol. The van der Waals surface area contributed by atoms with Crippen molar-refractivity contribution >= 4 is 5.97 Å². The Morgan fingerprint density at radius 1 is 1.00 bits per heavy atom. The van der Waals surface area contributed by atoms with Gasteiger partial charge in [0.15, 0.2) is 0 Å². The lowest BCUT2D eigenvalue weighted by atomic mass is 9.79. The van der Waals surface area contributed by atoms with E-state index in [1.807, 2.05) is 12.1 Å². The van der Waals surface area contributed by atoms with Crippen LogP contribution in [-0.2, 0) is 9.53 Å². The second-order valence-electron chi connectivity index (χ2n) is 8.41. The molecular weight excluding hydrogens is 334 g/mol. The molecule has 0 spiro atoms. The minimum absolute atomic E-state index is 0.0652. The molecule has 0 N–H and O–H groups in total. The van der Waals surface area contributed by atoms with E-state index in [0.717, 1.165) is 44.4 Å². The van der Waals surface area contributed by atoms with E-state index in [0.29, 0.717) is 5.92 Å². The molecule has 2 rings (SSSR count). The van der Waals surface area contributed by atoms with Crippen LogP contribution in [0.25, 0.3) is 0 Å². The fourth-order valence-electron chi connectivity index (χ4n) is 4.53. The molecule has 0 radical (unpaired) electrons. The zero-order valence-electron chi connectivity index (χ0n) is 17.1. The Morgan fingerprint density at radius 3 is 2.41 bits per heavy atom. The molecule has 2 aliphatic carbocycles. The number of esters is 1. The first kappa shape index (κ1) is 21.7. The van der Waals surface area contributed by atoms with Gasteiger partial charge in [0.2, 0.25) is 0 Å². The van der Waals surface area contributed by atoms with Crippen LogP contribution in [0.2, 0.25) is 0 Å². The van der Waals surface area contributed by atoms with Crippen LogP contribution in [0.1, 0.15) is 90.4 Å². The van der Waals surface area contributed by atoms with E-state index in [9.17, 15) is 4.79 Å². The van der Waals surface area contributed by atoms with Gasteiger partial charge < -0.3 is 4.74 Å². The molecule has 2 aliphatic rings. The van der Waals surface area contributed by atoms with Crippen molar-refractivity contribution in [3.05, 3.63) is 24.3 Å². The molecule has 0 amide bonds. The summed E-state index contributed by atoms with van der Waals surface area (Å²) < 4.78 is 5.85. The first-order valence-electron chi connectivity index (χ1n) is 11.2. The Morgan fingerprint density at radius 2 is 1.74 bits per heavy atom. The molecule has 0 aromatic heterocycles. The van der Waals surface area contributed by atoms with Crippen LogP contribution < -0.4 is 0 Å². The van der Waals surface area contributed by atoms with E-state index in [1.165, 1.54) is 51.0 Å². The van der Waals surface area contributed by atoms with Crippen molar-refractivity contribution in [3.63, 3.8) is 0 Å². The maximum atomic E-state index is 12.5. The van der Waals surface area contributed by atoms with Crippen molar-refractivity contribution in [1.29, 1.82) is 5.26 Å². The molecule has 150 valence electrons. The van der Waals surface area contributed by atoms with Crippen molar-refractivity contribution < 1.29 is 9.53 Å². The van der Waals surface area contributed by atoms with Gasteiger partial charge in [0, 0.05) is 6.08 Å². The minimum atomic E-state index is 0.0652. The zero-order chi connectivity index (χ0) is 19.3. The summed E-state index contributed by atoms with van der Waals surface area (Å²) in [6.07, 6.45) is 22.8. The number of unbranched alkanes of at least 4 members (excludes halogenated alkanes) is 3. The van der Waals surface area contributed by atoms with Gasteiger partial charge in [-0.15, -0.1) is 0 Å². The third-order valence-corrected chi connectivity index (χ3v) is 6.31. The Balaban J connectivity index is 1.61. The molecule has 0 aliphatic heterocycles. The summed E-state index contributed by atoms with van der Waals surface area (Å²) in [4.78, 5) is 12.5. The Bertz CT molecular complexity index is 515. The van der Waals surface area contributed by atoms with Gasteiger partial charge in [-0.1, -0.05) is 57.3 Å². The Kier molecular flexibility index (Phi) is 10.3. The topological polar surface area (TPSA) is 50.1 Å². The van der Waals surface area contributed by atoms with E-state index < -0.39 is 0 Å². The molecule has 0 atom stereocenters. The number of nitriles is 1. The second-order valence-corrected chi connectivity index (χ2v) is 8.41. The zero-order valence-corrected chi connectivity index (χ0v) is 17.1. The van der Waals surface area contributed by atoms with Gasteiger partial charge in [-0.05, 0) is 63.2 Å². The monoisotopic (exact) mass is 371 g/mol. The van der Waals surface area contributed by atoms with E-state index in [4.69, 9.17) is 10.00 Å². The predicted molar refractivity (Wildman–Crippen MR) is 110 cm³/mol. The number of hydrogen-bond donors (Lipinski definition) is 0. The first-order chi connectivity index (χ1) is 13.2. The summed E-state index contributed by atoms with van der Waals surface area (Å²) >= 11 is 0. The van der Waals surface area contributed by atoms with Crippen molar-refractivity contribution in [3.8, 4) is 6.07 Å². The highest BCUT2D eigenvalue weighted by Gasteiger charge is 2.30. The fraction of sp³-hybridized carbons (Fsp3) is 0.750. The largest absolute Gasteiger partial charge is 0.462 e. The second kappa shape index (κ2) is 12.8. The van der Waals surface area contributed by atoms with Crippen LogP contribution in [0, 0.1) is 29.1 Å². The van der Waals surface area contributed by atoms with Crippen LogP contribution in [0.15, 0.2) is 24.3 Å². The van der Waals surface area contributed by atoms with Crippen molar-refractivity contribution in [2.45, 2.75) is 96.5 Å². The maximum absolute atomic E-state index is 12.5. The minimum Gasteiger partial charge on any atom is -0.462 e. The molecule has 2 fully saturated rings. The molecule has 0 heterocycles. The third-order valence-electron chi connectivity index (χ3n) is 6.31. The van der Waals surface area contributed by atoms with Gasteiger partial charge in [-0.3, -0.25) is 4.79 Å². The number of hydrogen-bond acceptors (Lipinski definition) is 3. The standard InChI is InChI=1S/C24H37NO2/c1-2-3-4-6-9-20-11-15-22(16-12-20)24(26)27-23-17-13-21(14-18-23)10-7-5-8-19-25/h5,7-8,10,20-23H,2-4,6,9,11-18H2,1H3/b8-5?,10-7+/t20-,21?,22-,23?. The molecule has 3 nitrogen and oxygen atoms in total. The van der Waals surface area contributed by atoms with E-state index in [-0.39, 0.29) is 18.0 Å². The van der Waals surface area contributed by atoms with Gasteiger partial charge in [0.25, 0.3) is 0 Å². The van der Waals surface area contributed by atoms with E-state index >= 15 is 0 Å². The quantitative estimate of drug-likeness (QED) is 0.201. The highest BCUT2D eigenvalue weighted by Crippen LogP contribution is 2.34.